The van der Waals surface area contributed by atoms with Gasteiger partial charge < -0.3 is 4.98 Å². The predicted molar refractivity (Wildman–Crippen MR) is 68.0 cm³/mol. The van der Waals surface area contributed by atoms with Crippen LogP contribution in [0, 0.1) is 0 Å². The summed E-state index contributed by atoms with van der Waals surface area (Å²) in [5.74, 6) is 0. The van der Waals surface area contributed by atoms with E-state index in [2.05, 4.69) is 24.9 Å². The van der Waals surface area contributed by atoms with E-state index in [1.807, 2.05) is 20.8 Å². The molecule has 0 bridgehead atoms. The van der Waals surface area contributed by atoms with Crippen molar-refractivity contribution in [3.8, 4) is 0 Å². The van der Waals surface area contributed by atoms with E-state index in [-0.39, 0.29) is 15.6 Å². The summed E-state index contributed by atoms with van der Waals surface area (Å²) in [5.41, 5.74) is -0.157. The molecule has 0 saturated carbocycles. The smallest absolute Gasteiger partial charge is 0.280 e. The molecule has 2 aromatic rings. The van der Waals surface area contributed by atoms with Gasteiger partial charge in [0.05, 0.1) is 12.5 Å². The fraction of sp³-hybridized carbons (Fsp3) is 0.444. The Bertz CT molecular complexity index is 624. The predicted octanol–water partition coefficient (Wildman–Crippen LogP) is 1.36. The molecule has 0 aliphatic carbocycles. The largest absolute Gasteiger partial charge is 0.334 e. The van der Waals surface area contributed by atoms with Crippen LogP contribution >= 0.6 is 11.3 Å². The number of hydrogen-bond donors (Lipinski definition) is 2. The fourth-order valence-corrected chi connectivity index (χ4v) is 3.06. The van der Waals surface area contributed by atoms with Crippen molar-refractivity contribution in [3.05, 3.63) is 17.5 Å². The van der Waals surface area contributed by atoms with Crippen LogP contribution in [0.1, 0.15) is 25.8 Å². The normalized spacial score (nSPS) is 12.6. The standard InChI is InChI=1S/C9H13N5O2S2/c1-9(2,3)7-12-13-8(17-7)14-18(15,16)6-4-10-5-11-6/h4-5H,1-3H3,(H,10,11)(H,13,14). The van der Waals surface area contributed by atoms with Crippen molar-refractivity contribution in [1.82, 2.24) is 20.2 Å². The Hall–Kier alpha value is -1.48. The quantitative estimate of drug-likeness (QED) is 0.887. The van der Waals surface area contributed by atoms with Crippen molar-refractivity contribution in [2.45, 2.75) is 31.2 Å². The SMILES string of the molecule is CC(C)(C)c1nnc(NS(=O)(=O)c2cnc[nH]2)s1. The average molecular weight is 287 g/mol. The molecule has 0 fully saturated rings. The third kappa shape index (κ3) is 2.67. The Labute approximate surface area is 109 Å². The van der Waals surface area contributed by atoms with Gasteiger partial charge in [0, 0.05) is 5.41 Å². The van der Waals surface area contributed by atoms with E-state index in [0.717, 1.165) is 5.01 Å². The van der Waals surface area contributed by atoms with E-state index in [1.165, 1.54) is 23.9 Å². The lowest BCUT2D eigenvalue weighted by atomic mass is 9.98. The maximum absolute atomic E-state index is 11.9. The first-order valence-electron chi connectivity index (χ1n) is 5.14. The fourth-order valence-electron chi connectivity index (χ4n) is 1.13. The minimum atomic E-state index is -3.66. The summed E-state index contributed by atoms with van der Waals surface area (Å²) in [6.45, 7) is 5.96. The zero-order chi connectivity index (χ0) is 13.4. The van der Waals surface area contributed by atoms with Crippen LogP contribution in [-0.4, -0.2) is 28.6 Å². The Morgan fingerprint density at radius 1 is 1.33 bits per heavy atom. The molecular formula is C9H13N5O2S2. The third-order valence-electron chi connectivity index (χ3n) is 2.05. The van der Waals surface area contributed by atoms with Crippen molar-refractivity contribution in [1.29, 1.82) is 0 Å². The Balaban J connectivity index is 2.23. The summed E-state index contributed by atoms with van der Waals surface area (Å²) in [4.78, 5) is 6.20. The summed E-state index contributed by atoms with van der Waals surface area (Å²) in [6.07, 6.45) is 2.53. The summed E-state index contributed by atoms with van der Waals surface area (Å²) in [6, 6.07) is 0. The topological polar surface area (TPSA) is 101 Å². The maximum Gasteiger partial charge on any atom is 0.280 e. The number of sulfonamides is 1. The number of nitrogens with one attached hydrogen (secondary N) is 2. The minimum Gasteiger partial charge on any atom is -0.334 e. The van der Waals surface area contributed by atoms with Crippen LogP contribution in [0.4, 0.5) is 5.13 Å². The van der Waals surface area contributed by atoms with E-state index in [0.29, 0.717) is 0 Å². The molecule has 2 heterocycles. The molecule has 0 aliphatic heterocycles. The zero-order valence-corrected chi connectivity index (χ0v) is 11.8. The highest BCUT2D eigenvalue weighted by Gasteiger charge is 2.22. The van der Waals surface area contributed by atoms with Crippen LogP contribution in [0.3, 0.4) is 0 Å². The lowest BCUT2D eigenvalue weighted by Crippen LogP contribution is -2.13. The highest BCUT2D eigenvalue weighted by Crippen LogP contribution is 2.28. The van der Waals surface area contributed by atoms with Crippen molar-refractivity contribution in [3.63, 3.8) is 0 Å². The van der Waals surface area contributed by atoms with Crippen LogP contribution in [0.25, 0.3) is 0 Å². The van der Waals surface area contributed by atoms with Crippen LogP contribution in [0.5, 0.6) is 0 Å². The molecule has 0 spiro atoms. The molecule has 2 rings (SSSR count). The second kappa shape index (κ2) is 4.32. The minimum absolute atomic E-state index is 0.00462. The molecule has 0 atom stereocenters. The molecule has 0 aromatic carbocycles. The first kappa shape index (κ1) is 13.0. The average Bonchev–Trinajstić information content (AvgIpc) is 2.83. The van der Waals surface area contributed by atoms with Gasteiger partial charge in [-0.3, -0.25) is 4.72 Å². The number of imidazole rings is 1. The lowest BCUT2D eigenvalue weighted by Gasteiger charge is -2.12. The highest BCUT2D eigenvalue weighted by atomic mass is 32.2. The molecule has 0 aliphatic rings. The monoisotopic (exact) mass is 287 g/mol. The van der Waals surface area contributed by atoms with E-state index in [1.54, 1.807) is 0 Å². The van der Waals surface area contributed by atoms with Crippen LogP contribution in [-0.2, 0) is 15.4 Å². The van der Waals surface area contributed by atoms with E-state index >= 15 is 0 Å². The summed E-state index contributed by atoms with van der Waals surface area (Å²) < 4.78 is 26.1. The van der Waals surface area contributed by atoms with Gasteiger partial charge in [-0.25, -0.2) is 4.98 Å². The molecule has 0 unspecified atom stereocenters. The highest BCUT2D eigenvalue weighted by molar-refractivity contribution is 7.92. The molecule has 18 heavy (non-hydrogen) atoms. The molecule has 98 valence electrons. The molecule has 0 saturated heterocycles. The van der Waals surface area contributed by atoms with Gasteiger partial charge in [0.25, 0.3) is 10.0 Å². The van der Waals surface area contributed by atoms with Gasteiger partial charge in [0.15, 0.2) is 5.03 Å². The molecule has 7 nitrogen and oxygen atoms in total. The van der Waals surface area contributed by atoms with Gasteiger partial charge in [0.2, 0.25) is 5.13 Å². The van der Waals surface area contributed by atoms with Crippen LogP contribution in [0.2, 0.25) is 0 Å². The Kier molecular flexibility index (Phi) is 3.11. The van der Waals surface area contributed by atoms with Gasteiger partial charge in [-0.05, 0) is 0 Å². The summed E-state index contributed by atoms with van der Waals surface area (Å²) >= 11 is 1.22. The zero-order valence-electron chi connectivity index (χ0n) is 10.1. The van der Waals surface area contributed by atoms with Crippen LogP contribution in [0.15, 0.2) is 17.6 Å². The van der Waals surface area contributed by atoms with Gasteiger partial charge in [-0.1, -0.05) is 32.1 Å². The van der Waals surface area contributed by atoms with Crippen molar-refractivity contribution in [2.75, 3.05) is 4.72 Å². The Morgan fingerprint density at radius 3 is 2.56 bits per heavy atom. The van der Waals surface area contributed by atoms with Gasteiger partial charge in [-0.15, -0.1) is 10.2 Å². The van der Waals surface area contributed by atoms with Gasteiger partial charge in [0.1, 0.15) is 5.01 Å². The maximum atomic E-state index is 11.9. The molecule has 0 amide bonds. The van der Waals surface area contributed by atoms with E-state index in [4.69, 9.17) is 0 Å². The molecule has 0 radical (unpaired) electrons. The number of H-pyrrole nitrogens is 1. The second-order valence-electron chi connectivity index (χ2n) is 4.68. The Morgan fingerprint density at radius 2 is 2.06 bits per heavy atom. The number of nitrogens with zero attached hydrogens (tertiary/aromatic N) is 3. The number of hydrogen-bond acceptors (Lipinski definition) is 6. The van der Waals surface area contributed by atoms with Gasteiger partial charge >= 0.3 is 0 Å². The third-order valence-corrected chi connectivity index (χ3v) is 4.71. The van der Waals surface area contributed by atoms with E-state index in [9.17, 15) is 8.42 Å². The lowest BCUT2D eigenvalue weighted by molar-refractivity contribution is 0.578. The first-order valence-corrected chi connectivity index (χ1v) is 7.44. The number of anilines is 1. The molecule has 2 aromatic heterocycles. The van der Waals surface area contributed by atoms with E-state index < -0.39 is 10.0 Å². The number of aromatic amines is 1. The number of rotatable bonds is 3. The van der Waals surface area contributed by atoms with Gasteiger partial charge in [-0.2, -0.15) is 8.42 Å². The molecule has 2 N–H and O–H groups in total. The van der Waals surface area contributed by atoms with Crippen molar-refractivity contribution >= 4 is 26.5 Å². The second-order valence-corrected chi connectivity index (χ2v) is 7.31. The van der Waals surface area contributed by atoms with Crippen LogP contribution < -0.4 is 4.72 Å². The van der Waals surface area contributed by atoms with Crippen molar-refractivity contribution < 1.29 is 8.42 Å². The first-order chi connectivity index (χ1) is 8.29. The number of aromatic nitrogens is 4. The molecule has 9 heteroatoms. The summed E-state index contributed by atoms with van der Waals surface area (Å²) in [7, 11) is -3.66. The van der Waals surface area contributed by atoms with Crippen molar-refractivity contribution in [2.24, 2.45) is 0 Å². The summed E-state index contributed by atoms with van der Waals surface area (Å²) in [5, 5.41) is 8.80. The molecular weight excluding hydrogens is 274 g/mol.